The zero-order chi connectivity index (χ0) is 20.4. The third-order valence-corrected chi connectivity index (χ3v) is 5.39. The summed E-state index contributed by atoms with van der Waals surface area (Å²) < 4.78 is 22.2. The monoisotopic (exact) mass is 418 g/mol. The SMILES string of the molecule is COc1cc([C@H]2ON=C(CNCc3ccc(Cl)cc3)[C@@H]2C)c(OC)c2c1OCO2. The van der Waals surface area contributed by atoms with Crippen LogP contribution in [0.3, 0.4) is 0 Å². The van der Waals surface area contributed by atoms with Crippen LogP contribution in [0.4, 0.5) is 0 Å². The van der Waals surface area contributed by atoms with Crippen LogP contribution in [0, 0.1) is 5.92 Å². The Hall–Kier alpha value is -2.64. The molecule has 0 aliphatic carbocycles. The molecule has 2 aliphatic heterocycles. The molecule has 8 heteroatoms. The van der Waals surface area contributed by atoms with Gasteiger partial charge in [0.2, 0.25) is 18.3 Å². The largest absolute Gasteiger partial charge is 0.493 e. The van der Waals surface area contributed by atoms with Gasteiger partial charge in [-0.05, 0) is 23.8 Å². The second kappa shape index (κ2) is 8.39. The lowest BCUT2D eigenvalue weighted by Crippen LogP contribution is -2.27. The Morgan fingerprint density at radius 1 is 1.10 bits per heavy atom. The van der Waals surface area contributed by atoms with Gasteiger partial charge in [0, 0.05) is 29.6 Å². The minimum Gasteiger partial charge on any atom is -0.493 e. The molecule has 2 aromatic carbocycles. The van der Waals surface area contributed by atoms with Gasteiger partial charge in [-0.1, -0.05) is 35.8 Å². The van der Waals surface area contributed by atoms with E-state index in [2.05, 4.69) is 17.4 Å². The fourth-order valence-electron chi connectivity index (χ4n) is 3.54. The van der Waals surface area contributed by atoms with Crippen molar-refractivity contribution >= 4 is 17.3 Å². The predicted octanol–water partition coefficient (Wildman–Crippen LogP) is 3.94. The number of halogens is 1. The molecular weight excluding hydrogens is 396 g/mol. The van der Waals surface area contributed by atoms with Crippen molar-refractivity contribution in [1.29, 1.82) is 0 Å². The molecule has 154 valence electrons. The predicted molar refractivity (Wildman–Crippen MR) is 109 cm³/mol. The summed E-state index contributed by atoms with van der Waals surface area (Å²) in [6.07, 6.45) is -0.305. The topological polar surface area (TPSA) is 70.5 Å². The molecule has 0 fully saturated rings. The maximum Gasteiger partial charge on any atom is 0.231 e. The van der Waals surface area contributed by atoms with Gasteiger partial charge in [0.25, 0.3) is 0 Å². The number of nitrogens with zero attached hydrogens (tertiary/aromatic N) is 1. The first-order valence-electron chi connectivity index (χ1n) is 9.34. The summed E-state index contributed by atoms with van der Waals surface area (Å²) in [5.41, 5.74) is 2.90. The normalized spacial score (nSPS) is 19.7. The van der Waals surface area contributed by atoms with E-state index >= 15 is 0 Å². The molecule has 2 heterocycles. The Balaban J connectivity index is 1.47. The van der Waals surface area contributed by atoms with E-state index in [-0.39, 0.29) is 18.8 Å². The van der Waals surface area contributed by atoms with Crippen LogP contribution < -0.4 is 24.3 Å². The third-order valence-electron chi connectivity index (χ3n) is 5.13. The molecule has 0 spiro atoms. The summed E-state index contributed by atoms with van der Waals surface area (Å²) in [6.45, 7) is 3.54. The van der Waals surface area contributed by atoms with E-state index in [0.717, 1.165) is 28.4 Å². The third kappa shape index (κ3) is 3.80. The van der Waals surface area contributed by atoms with Crippen LogP contribution in [-0.4, -0.2) is 33.3 Å². The van der Waals surface area contributed by atoms with Crippen molar-refractivity contribution in [3.63, 3.8) is 0 Å². The summed E-state index contributed by atoms with van der Waals surface area (Å²) in [5, 5.41) is 8.44. The lowest BCUT2D eigenvalue weighted by Gasteiger charge is -2.20. The minimum absolute atomic E-state index is 0.0479. The first-order valence-corrected chi connectivity index (χ1v) is 9.72. The van der Waals surface area contributed by atoms with Crippen LogP contribution in [0.5, 0.6) is 23.0 Å². The Bertz CT molecular complexity index is 916. The fourth-order valence-corrected chi connectivity index (χ4v) is 3.66. The van der Waals surface area contributed by atoms with Crippen molar-refractivity contribution in [2.24, 2.45) is 11.1 Å². The fraction of sp³-hybridized carbons (Fsp3) is 0.381. The van der Waals surface area contributed by atoms with E-state index in [4.69, 9.17) is 35.4 Å². The molecular formula is C21H23ClN2O5. The van der Waals surface area contributed by atoms with Crippen molar-refractivity contribution in [3.8, 4) is 23.0 Å². The van der Waals surface area contributed by atoms with E-state index in [0.29, 0.717) is 29.5 Å². The Morgan fingerprint density at radius 3 is 2.59 bits per heavy atom. The molecule has 29 heavy (non-hydrogen) atoms. The molecule has 2 aliphatic rings. The van der Waals surface area contributed by atoms with Crippen molar-refractivity contribution in [1.82, 2.24) is 5.32 Å². The van der Waals surface area contributed by atoms with Crippen LogP contribution in [-0.2, 0) is 11.4 Å². The number of nitrogens with one attached hydrogen (secondary N) is 1. The molecule has 0 amide bonds. The first-order chi connectivity index (χ1) is 14.1. The number of hydrogen-bond donors (Lipinski definition) is 1. The lowest BCUT2D eigenvalue weighted by molar-refractivity contribution is 0.0628. The van der Waals surface area contributed by atoms with Gasteiger partial charge in [-0.25, -0.2) is 0 Å². The highest BCUT2D eigenvalue weighted by Crippen LogP contribution is 2.52. The molecule has 0 saturated carbocycles. The summed E-state index contributed by atoms with van der Waals surface area (Å²) in [7, 11) is 3.19. The number of rotatable bonds is 7. The zero-order valence-corrected chi connectivity index (χ0v) is 17.3. The van der Waals surface area contributed by atoms with E-state index in [1.807, 2.05) is 30.3 Å². The number of methoxy groups -OCH3 is 2. The summed E-state index contributed by atoms with van der Waals surface area (Å²) >= 11 is 5.93. The van der Waals surface area contributed by atoms with Gasteiger partial charge in [0.15, 0.2) is 17.6 Å². The van der Waals surface area contributed by atoms with Gasteiger partial charge in [-0.15, -0.1) is 0 Å². The van der Waals surface area contributed by atoms with Crippen LogP contribution >= 0.6 is 11.6 Å². The molecule has 0 saturated heterocycles. The molecule has 4 rings (SSSR count). The Morgan fingerprint density at radius 2 is 1.86 bits per heavy atom. The Labute approximate surface area is 174 Å². The number of fused-ring (bicyclic) bond motifs is 1. The van der Waals surface area contributed by atoms with E-state index < -0.39 is 0 Å². The highest BCUT2D eigenvalue weighted by Gasteiger charge is 2.37. The van der Waals surface area contributed by atoms with Gasteiger partial charge < -0.3 is 29.1 Å². The average Bonchev–Trinajstić information content (AvgIpc) is 3.36. The average molecular weight is 419 g/mol. The quantitative estimate of drug-likeness (QED) is 0.734. The highest BCUT2D eigenvalue weighted by molar-refractivity contribution is 6.30. The molecule has 0 bridgehead atoms. The number of ether oxygens (including phenoxy) is 4. The molecule has 0 unspecified atom stereocenters. The highest BCUT2D eigenvalue weighted by atomic mass is 35.5. The maximum atomic E-state index is 5.93. The van der Waals surface area contributed by atoms with Crippen molar-refractivity contribution < 1.29 is 23.8 Å². The van der Waals surface area contributed by atoms with Gasteiger partial charge >= 0.3 is 0 Å². The summed E-state index contributed by atoms with van der Waals surface area (Å²) in [5.74, 6) is 2.29. The van der Waals surface area contributed by atoms with Crippen LogP contribution in [0.25, 0.3) is 0 Å². The standard InChI is InChI=1S/C21H23ClN2O5/c1-12-16(10-23-9-13-4-6-14(22)7-5-13)24-29-18(12)15-8-17(25-2)20-21(19(15)26-3)28-11-27-20/h4-8,12,18,23H,9-11H2,1-3H3/t12-,18-/m0/s1. The molecule has 1 N–H and O–H groups in total. The van der Waals surface area contributed by atoms with Crippen LogP contribution in [0.15, 0.2) is 35.5 Å². The molecule has 7 nitrogen and oxygen atoms in total. The first kappa shape index (κ1) is 19.7. The molecule has 2 atom stereocenters. The maximum absolute atomic E-state index is 5.93. The number of hydrogen-bond acceptors (Lipinski definition) is 7. The van der Waals surface area contributed by atoms with Gasteiger partial charge in [-0.2, -0.15) is 0 Å². The van der Waals surface area contributed by atoms with E-state index in [1.54, 1.807) is 14.2 Å². The van der Waals surface area contributed by atoms with Crippen molar-refractivity contribution in [2.75, 3.05) is 27.6 Å². The number of oxime groups is 1. The van der Waals surface area contributed by atoms with Gasteiger partial charge in [-0.3, -0.25) is 0 Å². The summed E-state index contributed by atoms with van der Waals surface area (Å²) in [6, 6.07) is 9.63. The lowest BCUT2D eigenvalue weighted by atomic mass is 9.92. The minimum atomic E-state index is -0.305. The zero-order valence-electron chi connectivity index (χ0n) is 16.5. The Kier molecular flexibility index (Phi) is 5.69. The van der Waals surface area contributed by atoms with Crippen molar-refractivity contribution in [2.45, 2.75) is 19.6 Å². The molecule has 2 aromatic rings. The smallest absolute Gasteiger partial charge is 0.231 e. The summed E-state index contributed by atoms with van der Waals surface area (Å²) in [4.78, 5) is 5.78. The molecule has 0 radical (unpaired) electrons. The van der Waals surface area contributed by atoms with Crippen LogP contribution in [0.2, 0.25) is 5.02 Å². The second-order valence-electron chi connectivity index (χ2n) is 6.89. The van der Waals surface area contributed by atoms with Gasteiger partial charge in [0.1, 0.15) is 0 Å². The van der Waals surface area contributed by atoms with E-state index in [9.17, 15) is 0 Å². The van der Waals surface area contributed by atoms with E-state index in [1.165, 1.54) is 0 Å². The van der Waals surface area contributed by atoms with Gasteiger partial charge in [0.05, 0.1) is 19.9 Å². The molecule has 0 aromatic heterocycles. The second-order valence-corrected chi connectivity index (χ2v) is 7.33. The van der Waals surface area contributed by atoms with Crippen LogP contribution in [0.1, 0.15) is 24.2 Å². The van der Waals surface area contributed by atoms with Crippen molar-refractivity contribution in [3.05, 3.63) is 46.5 Å². The number of benzene rings is 2.